The van der Waals surface area contributed by atoms with Gasteiger partial charge in [-0.2, -0.15) is 0 Å². The smallest absolute Gasteiger partial charge is 0.226 e. The van der Waals surface area contributed by atoms with E-state index >= 15 is 0 Å². The number of halogens is 1. The van der Waals surface area contributed by atoms with Crippen LogP contribution in [-0.4, -0.2) is 10.2 Å². The number of carbonyl (C=O) groups excluding carboxylic acids is 1. The summed E-state index contributed by atoms with van der Waals surface area (Å²) in [5.41, 5.74) is 2.67. The summed E-state index contributed by atoms with van der Waals surface area (Å²) < 4.78 is 0.252. The van der Waals surface area contributed by atoms with Crippen molar-refractivity contribution < 1.29 is 4.79 Å². The molecule has 0 heterocycles. The van der Waals surface area contributed by atoms with Gasteiger partial charge in [0.25, 0.3) is 0 Å². The molecule has 0 saturated heterocycles. The molecule has 0 aromatic heterocycles. The Morgan fingerprint density at radius 1 is 1.13 bits per heavy atom. The van der Waals surface area contributed by atoms with E-state index in [0.29, 0.717) is 5.91 Å². The van der Waals surface area contributed by atoms with Gasteiger partial charge in [0.1, 0.15) is 0 Å². The van der Waals surface area contributed by atoms with Gasteiger partial charge in [0.15, 0.2) is 0 Å². The summed E-state index contributed by atoms with van der Waals surface area (Å²) >= 11 is 4.02. The van der Waals surface area contributed by atoms with Crippen LogP contribution in [0, 0.1) is 17.3 Å². The van der Waals surface area contributed by atoms with E-state index in [9.17, 15) is 4.79 Å². The molecule has 3 heteroatoms. The summed E-state index contributed by atoms with van der Waals surface area (Å²) in [4.78, 5) is 13.3. The molecule has 4 fully saturated rings. The lowest BCUT2D eigenvalue weighted by molar-refractivity contribution is -0.144. The number of benzene rings is 1. The molecule has 3 unspecified atom stereocenters. The lowest BCUT2D eigenvalue weighted by Crippen LogP contribution is -2.58. The average molecular weight is 374 g/mol. The molecule has 122 valence electrons. The highest BCUT2D eigenvalue weighted by Gasteiger charge is 2.59. The molecule has 1 N–H and O–H groups in total. The Morgan fingerprint density at radius 3 is 2.61 bits per heavy atom. The van der Waals surface area contributed by atoms with Crippen LogP contribution < -0.4 is 5.32 Å². The van der Waals surface area contributed by atoms with Crippen LogP contribution in [0.2, 0.25) is 0 Å². The third-order valence-electron chi connectivity index (χ3n) is 6.91. The Bertz CT molecular complexity index is 655. The number of fused-ring (bicyclic) bond motifs is 1. The Hall–Kier alpha value is -0.830. The summed E-state index contributed by atoms with van der Waals surface area (Å²) in [5.74, 6) is 1.87. The number of rotatable bonds is 2. The van der Waals surface area contributed by atoms with E-state index in [1.807, 2.05) is 0 Å². The van der Waals surface area contributed by atoms with E-state index in [1.165, 1.54) is 30.4 Å². The summed E-state index contributed by atoms with van der Waals surface area (Å²) in [6.45, 7) is 0. The molecule has 4 saturated carbocycles. The number of amides is 1. The zero-order valence-electron chi connectivity index (χ0n) is 13.5. The number of nitrogens with one attached hydrogen (secondary N) is 1. The van der Waals surface area contributed by atoms with E-state index in [0.717, 1.165) is 43.9 Å². The fourth-order valence-corrected chi connectivity index (χ4v) is 7.89. The monoisotopic (exact) mass is 373 g/mol. The first kappa shape index (κ1) is 14.5. The topological polar surface area (TPSA) is 29.1 Å². The fraction of sp³-hybridized carbons (Fsp3) is 0.650. The van der Waals surface area contributed by atoms with Gasteiger partial charge in [0, 0.05) is 4.32 Å². The highest BCUT2D eigenvalue weighted by Crippen LogP contribution is 2.64. The van der Waals surface area contributed by atoms with E-state index in [2.05, 4.69) is 45.5 Å². The number of alkyl halides is 1. The van der Waals surface area contributed by atoms with Crippen molar-refractivity contribution in [2.24, 2.45) is 17.3 Å². The van der Waals surface area contributed by atoms with Gasteiger partial charge in [-0.3, -0.25) is 4.79 Å². The van der Waals surface area contributed by atoms with Gasteiger partial charge in [-0.05, 0) is 74.3 Å². The van der Waals surface area contributed by atoms with Crippen molar-refractivity contribution in [1.82, 2.24) is 5.32 Å². The van der Waals surface area contributed by atoms with Crippen molar-refractivity contribution in [3.63, 3.8) is 0 Å². The van der Waals surface area contributed by atoms with Crippen molar-refractivity contribution in [2.75, 3.05) is 0 Å². The first-order valence-corrected chi connectivity index (χ1v) is 9.92. The van der Waals surface area contributed by atoms with E-state index in [-0.39, 0.29) is 15.8 Å². The normalized spacial score (nSPS) is 43.4. The van der Waals surface area contributed by atoms with Crippen molar-refractivity contribution in [1.29, 1.82) is 0 Å². The van der Waals surface area contributed by atoms with Gasteiger partial charge in [0.05, 0.1) is 11.5 Å². The molecule has 1 amide bonds. The van der Waals surface area contributed by atoms with E-state index in [1.54, 1.807) is 0 Å². The molecular formula is C20H24BrNO. The molecule has 5 aliphatic carbocycles. The van der Waals surface area contributed by atoms with Gasteiger partial charge < -0.3 is 5.32 Å². The highest BCUT2D eigenvalue weighted by molar-refractivity contribution is 9.10. The molecule has 1 aromatic rings. The van der Waals surface area contributed by atoms with Crippen molar-refractivity contribution in [2.45, 2.75) is 61.7 Å². The molecule has 0 aliphatic heterocycles. The number of carbonyl (C=O) groups is 1. The van der Waals surface area contributed by atoms with Gasteiger partial charge >= 0.3 is 0 Å². The fourth-order valence-electron chi connectivity index (χ4n) is 6.43. The third kappa shape index (κ3) is 2.22. The maximum absolute atomic E-state index is 13.3. The second-order valence-corrected chi connectivity index (χ2v) is 10.3. The predicted octanol–water partition coefficient (Wildman–Crippen LogP) is 4.52. The second kappa shape index (κ2) is 4.84. The maximum atomic E-state index is 13.3. The molecule has 4 bridgehead atoms. The quantitative estimate of drug-likeness (QED) is 0.758. The van der Waals surface area contributed by atoms with Gasteiger partial charge in [-0.25, -0.2) is 0 Å². The first-order valence-electron chi connectivity index (χ1n) is 9.13. The van der Waals surface area contributed by atoms with Crippen LogP contribution in [-0.2, 0) is 11.2 Å². The molecule has 0 radical (unpaired) electrons. The Morgan fingerprint density at radius 2 is 1.87 bits per heavy atom. The molecule has 23 heavy (non-hydrogen) atoms. The molecule has 1 aromatic carbocycles. The second-order valence-electron chi connectivity index (χ2n) is 8.66. The first-order chi connectivity index (χ1) is 11.1. The van der Waals surface area contributed by atoms with Gasteiger partial charge in [-0.15, -0.1) is 0 Å². The van der Waals surface area contributed by atoms with Crippen LogP contribution in [0.4, 0.5) is 0 Å². The van der Waals surface area contributed by atoms with E-state index < -0.39 is 0 Å². The average Bonchev–Trinajstić information content (AvgIpc) is 2.88. The minimum atomic E-state index is -0.0921. The van der Waals surface area contributed by atoms with Crippen molar-refractivity contribution >= 4 is 21.8 Å². The summed E-state index contributed by atoms with van der Waals surface area (Å²) in [6.07, 6.45) is 9.38. The van der Waals surface area contributed by atoms with Crippen LogP contribution in [0.25, 0.3) is 0 Å². The summed E-state index contributed by atoms with van der Waals surface area (Å²) in [6, 6.07) is 8.84. The largest absolute Gasteiger partial charge is 0.349 e. The Balaban J connectivity index is 1.39. The van der Waals surface area contributed by atoms with Gasteiger partial charge in [-0.1, -0.05) is 40.2 Å². The molecular weight excluding hydrogens is 350 g/mol. The maximum Gasteiger partial charge on any atom is 0.226 e. The molecule has 5 aliphatic rings. The third-order valence-corrected chi connectivity index (χ3v) is 7.84. The Labute approximate surface area is 146 Å². The summed E-state index contributed by atoms with van der Waals surface area (Å²) in [7, 11) is 0. The lowest BCUT2D eigenvalue weighted by atomic mass is 9.49. The molecule has 3 atom stereocenters. The minimum Gasteiger partial charge on any atom is -0.349 e. The van der Waals surface area contributed by atoms with Crippen LogP contribution >= 0.6 is 15.9 Å². The van der Waals surface area contributed by atoms with Gasteiger partial charge in [0.2, 0.25) is 5.91 Å². The minimum absolute atomic E-state index is 0.0921. The predicted molar refractivity (Wildman–Crippen MR) is 94.4 cm³/mol. The number of aryl methyl sites for hydroxylation is 1. The standard InChI is InChI=1S/C20H24BrNO/c21-20-10-13-7-14(11-20)9-19(8-13,12-20)18(23)22-17-6-5-15-3-1-2-4-16(15)17/h1-4,13-14,17H,5-12H2,(H,22,23). The van der Waals surface area contributed by atoms with Crippen LogP contribution in [0.1, 0.15) is 62.1 Å². The SMILES string of the molecule is O=C(NC1CCc2ccccc21)C12CC3CC(CC(Br)(C3)C1)C2. The van der Waals surface area contributed by atoms with Crippen LogP contribution in [0.5, 0.6) is 0 Å². The van der Waals surface area contributed by atoms with Crippen molar-refractivity contribution in [3.05, 3.63) is 35.4 Å². The zero-order valence-corrected chi connectivity index (χ0v) is 15.1. The number of hydrogen-bond donors (Lipinski definition) is 1. The van der Waals surface area contributed by atoms with Crippen molar-refractivity contribution in [3.8, 4) is 0 Å². The molecule has 6 rings (SSSR count). The summed E-state index contributed by atoms with van der Waals surface area (Å²) in [5, 5.41) is 3.45. The highest BCUT2D eigenvalue weighted by atomic mass is 79.9. The Kier molecular flexibility index (Phi) is 3.05. The molecule has 2 nitrogen and oxygen atoms in total. The molecule has 0 spiro atoms. The van der Waals surface area contributed by atoms with Crippen LogP contribution in [0.3, 0.4) is 0 Å². The van der Waals surface area contributed by atoms with E-state index in [4.69, 9.17) is 0 Å². The van der Waals surface area contributed by atoms with Crippen LogP contribution in [0.15, 0.2) is 24.3 Å². The number of hydrogen-bond acceptors (Lipinski definition) is 1. The lowest BCUT2D eigenvalue weighted by Gasteiger charge is -2.59. The zero-order chi connectivity index (χ0) is 15.7.